The quantitative estimate of drug-likeness (QED) is 0.764. The van der Waals surface area contributed by atoms with Crippen LogP contribution in [0, 0.1) is 0 Å². The maximum Gasteiger partial charge on any atom is 0.357 e. The fraction of sp³-hybridized carbons (Fsp3) is 0.421. The number of esters is 2. The van der Waals surface area contributed by atoms with Gasteiger partial charge in [-0.05, 0) is 12.5 Å². The van der Waals surface area contributed by atoms with Crippen molar-refractivity contribution in [3.8, 4) is 0 Å². The van der Waals surface area contributed by atoms with Crippen LogP contribution < -0.4 is 0 Å². The highest BCUT2D eigenvalue weighted by atomic mass is 16.6. The van der Waals surface area contributed by atoms with Crippen LogP contribution in [0.2, 0.25) is 0 Å². The molecule has 7 heteroatoms. The Labute approximate surface area is 151 Å². The fourth-order valence-electron chi connectivity index (χ4n) is 3.13. The molecule has 2 aromatic rings. The number of imidazole rings is 1. The number of ether oxygens (including phenoxy) is 3. The zero-order valence-corrected chi connectivity index (χ0v) is 14.9. The summed E-state index contributed by atoms with van der Waals surface area (Å²) in [6.07, 6.45) is 3.58. The van der Waals surface area contributed by atoms with Crippen LogP contribution in [0.1, 0.15) is 41.9 Å². The number of carbonyl (C=O) groups is 2. The Hall–Kier alpha value is -2.67. The summed E-state index contributed by atoms with van der Waals surface area (Å²) in [5, 5.41) is 0. The van der Waals surface area contributed by atoms with Crippen LogP contribution in [0.15, 0.2) is 42.9 Å². The fourth-order valence-corrected chi connectivity index (χ4v) is 3.13. The second kappa shape index (κ2) is 7.70. The second-order valence-corrected chi connectivity index (χ2v) is 6.26. The highest BCUT2D eigenvalue weighted by Crippen LogP contribution is 2.29. The van der Waals surface area contributed by atoms with Crippen molar-refractivity contribution < 1.29 is 23.8 Å². The van der Waals surface area contributed by atoms with Crippen molar-refractivity contribution in [2.45, 2.75) is 31.4 Å². The molecule has 1 aliphatic rings. The topological polar surface area (TPSA) is 79.7 Å². The molecule has 0 radical (unpaired) electrons. The number of rotatable bonds is 5. The van der Waals surface area contributed by atoms with Gasteiger partial charge in [0.1, 0.15) is 5.69 Å². The van der Waals surface area contributed by atoms with Crippen molar-refractivity contribution in [2.24, 2.45) is 0 Å². The third-order valence-corrected chi connectivity index (χ3v) is 4.72. The zero-order chi connectivity index (χ0) is 18.6. The van der Waals surface area contributed by atoms with Crippen molar-refractivity contribution in [3.05, 3.63) is 54.1 Å². The molecule has 0 amide bonds. The molecular weight excluding hydrogens is 336 g/mol. The lowest BCUT2D eigenvalue weighted by molar-refractivity contribution is -0.172. The minimum atomic E-state index is -1.31. The van der Waals surface area contributed by atoms with Crippen LogP contribution in [-0.2, 0) is 19.0 Å². The van der Waals surface area contributed by atoms with E-state index in [1.54, 1.807) is 10.9 Å². The average Bonchev–Trinajstić information content (AvgIpc) is 3.18. The number of nitrogens with zero attached hydrogens (tertiary/aromatic N) is 2. The second-order valence-electron chi connectivity index (χ2n) is 6.26. The smallest absolute Gasteiger partial charge is 0.357 e. The number of carbonyl (C=O) groups excluding carboxylic acids is 2. The molecule has 0 unspecified atom stereocenters. The van der Waals surface area contributed by atoms with Crippen LogP contribution in [0.25, 0.3) is 0 Å². The Bertz CT molecular complexity index is 765. The molecule has 1 aromatic carbocycles. The summed E-state index contributed by atoms with van der Waals surface area (Å²) in [4.78, 5) is 29.2. The number of benzene rings is 1. The van der Waals surface area contributed by atoms with Crippen molar-refractivity contribution in [2.75, 3.05) is 20.3 Å². The van der Waals surface area contributed by atoms with Gasteiger partial charge < -0.3 is 18.8 Å². The first kappa shape index (κ1) is 18.1. The van der Waals surface area contributed by atoms with Gasteiger partial charge >= 0.3 is 11.9 Å². The summed E-state index contributed by atoms with van der Waals surface area (Å²) < 4.78 is 17.5. The van der Waals surface area contributed by atoms with E-state index in [0.29, 0.717) is 13.2 Å². The molecule has 138 valence electrons. The van der Waals surface area contributed by atoms with Gasteiger partial charge in [-0.25, -0.2) is 14.6 Å². The van der Waals surface area contributed by atoms with Gasteiger partial charge in [0.25, 0.3) is 0 Å². The van der Waals surface area contributed by atoms with E-state index in [-0.39, 0.29) is 24.6 Å². The summed E-state index contributed by atoms with van der Waals surface area (Å²) >= 11 is 0. The first-order valence-electron chi connectivity index (χ1n) is 8.54. The van der Waals surface area contributed by atoms with Crippen LogP contribution >= 0.6 is 0 Å². The SMILES string of the molecule is COC(=O)C1(OC(=O)c2cncn2[C@H](C)c2ccccc2)CCOCC1. The summed E-state index contributed by atoms with van der Waals surface area (Å²) in [6, 6.07) is 9.67. The van der Waals surface area contributed by atoms with Gasteiger partial charge in [-0.3, -0.25) is 0 Å². The van der Waals surface area contributed by atoms with E-state index in [2.05, 4.69) is 4.98 Å². The van der Waals surface area contributed by atoms with E-state index in [1.165, 1.54) is 13.3 Å². The monoisotopic (exact) mass is 358 g/mol. The van der Waals surface area contributed by atoms with Gasteiger partial charge in [-0.15, -0.1) is 0 Å². The Balaban J connectivity index is 1.84. The highest BCUT2D eigenvalue weighted by molar-refractivity contribution is 5.91. The first-order chi connectivity index (χ1) is 12.6. The van der Waals surface area contributed by atoms with E-state index >= 15 is 0 Å². The molecule has 7 nitrogen and oxygen atoms in total. The van der Waals surface area contributed by atoms with Gasteiger partial charge in [0.05, 0.1) is 38.9 Å². The van der Waals surface area contributed by atoms with E-state index in [4.69, 9.17) is 14.2 Å². The number of hydrogen-bond acceptors (Lipinski definition) is 6. The van der Waals surface area contributed by atoms with Crippen molar-refractivity contribution in [3.63, 3.8) is 0 Å². The highest BCUT2D eigenvalue weighted by Gasteiger charge is 2.45. The van der Waals surface area contributed by atoms with Crippen molar-refractivity contribution >= 4 is 11.9 Å². The van der Waals surface area contributed by atoms with Crippen molar-refractivity contribution in [1.29, 1.82) is 0 Å². The maximum absolute atomic E-state index is 12.8. The molecule has 0 N–H and O–H groups in total. The molecule has 3 rings (SSSR count). The summed E-state index contributed by atoms with van der Waals surface area (Å²) in [7, 11) is 1.29. The Morgan fingerprint density at radius 1 is 1.23 bits per heavy atom. The Morgan fingerprint density at radius 3 is 2.58 bits per heavy atom. The van der Waals surface area contributed by atoms with Crippen LogP contribution in [0.3, 0.4) is 0 Å². The van der Waals surface area contributed by atoms with E-state index < -0.39 is 17.5 Å². The van der Waals surface area contributed by atoms with Crippen molar-refractivity contribution in [1.82, 2.24) is 9.55 Å². The molecule has 1 saturated heterocycles. The van der Waals surface area contributed by atoms with Gasteiger partial charge in [-0.2, -0.15) is 0 Å². The lowest BCUT2D eigenvalue weighted by atomic mass is 9.94. The largest absolute Gasteiger partial charge is 0.466 e. The average molecular weight is 358 g/mol. The summed E-state index contributed by atoms with van der Waals surface area (Å²) in [5.41, 5.74) is 0.0132. The summed E-state index contributed by atoms with van der Waals surface area (Å²) in [6.45, 7) is 2.64. The number of aromatic nitrogens is 2. The lowest BCUT2D eigenvalue weighted by Gasteiger charge is -2.33. The minimum Gasteiger partial charge on any atom is -0.466 e. The van der Waals surface area contributed by atoms with E-state index in [1.807, 2.05) is 37.3 Å². The van der Waals surface area contributed by atoms with Gasteiger partial charge in [0.2, 0.25) is 5.60 Å². The molecule has 1 aliphatic heterocycles. The van der Waals surface area contributed by atoms with Crippen LogP contribution in [0.4, 0.5) is 0 Å². The molecule has 0 spiro atoms. The maximum atomic E-state index is 12.8. The third-order valence-electron chi connectivity index (χ3n) is 4.72. The van der Waals surface area contributed by atoms with Crippen LogP contribution in [-0.4, -0.2) is 47.4 Å². The molecule has 0 bridgehead atoms. The Morgan fingerprint density at radius 2 is 1.92 bits per heavy atom. The van der Waals surface area contributed by atoms with E-state index in [0.717, 1.165) is 5.56 Å². The van der Waals surface area contributed by atoms with Gasteiger partial charge in [0, 0.05) is 12.8 Å². The predicted octanol–water partition coefficient (Wildman–Crippen LogP) is 2.37. The molecular formula is C19H22N2O5. The minimum absolute atomic E-state index is 0.106. The molecule has 1 atom stereocenters. The molecule has 26 heavy (non-hydrogen) atoms. The van der Waals surface area contributed by atoms with Gasteiger partial charge in [0.15, 0.2) is 0 Å². The molecule has 1 fully saturated rings. The molecule has 0 aliphatic carbocycles. The number of hydrogen-bond donors (Lipinski definition) is 0. The number of methoxy groups -OCH3 is 1. The first-order valence-corrected chi connectivity index (χ1v) is 8.54. The normalized spacial score (nSPS) is 17.3. The molecule has 1 aromatic heterocycles. The predicted molar refractivity (Wildman–Crippen MR) is 92.7 cm³/mol. The molecule has 0 saturated carbocycles. The zero-order valence-electron chi connectivity index (χ0n) is 14.9. The van der Waals surface area contributed by atoms with Gasteiger partial charge in [-0.1, -0.05) is 30.3 Å². The summed E-state index contributed by atoms with van der Waals surface area (Å²) in [5.74, 6) is -1.16. The Kier molecular flexibility index (Phi) is 5.37. The lowest BCUT2D eigenvalue weighted by Crippen LogP contribution is -2.48. The standard InChI is InChI=1S/C19H22N2O5/c1-14(15-6-4-3-5-7-15)21-13-20-12-16(21)17(22)26-19(18(23)24-2)8-10-25-11-9-19/h3-7,12-14H,8-11H2,1-2H3/t14-/m1/s1. The van der Waals surface area contributed by atoms with Crippen LogP contribution in [0.5, 0.6) is 0 Å². The third kappa shape index (κ3) is 3.48. The van der Waals surface area contributed by atoms with E-state index in [9.17, 15) is 9.59 Å². The molecule has 2 heterocycles.